The lowest BCUT2D eigenvalue weighted by molar-refractivity contribution is -0.134. The van der Waals surface area contributed by atoms with E-state index < -0.39 is 6.04 Å². The molecule has 2 aromatic heterocycles. The van der Waals surface area contributed by atoms with Crippen LogP contribution in [0.1, 0.15) is 31.7 Å². The average Bonchev–Trinajstić information content (AvgIpc) is 3.07. The number of amides is 1. The van der Waals surface area contributed by atoms with Crippen LogP contribution in [0, 0.1) is 0 Å². The van der Waals surface area contributed by atoms with Gasteiger partial charge in [0.2, 0.25) is 17.7 Å². The predicted molar refractivity (Wildman–Crippen MR) is 62.7 cm³/mol. The van der Waals surface area contributed by atoms with Crippen LogP contribution < -0.4 is 0 Å². The van der Waals surface area contributed by atoms with E-state index in [1.54, 1.807) is 14.0 Å². The third-order valence-corrected chi connectivity index (χ3v) is 2.68. The molecular formula is C10H15N7O2. The lowest BCUT2D eigenvalue weighted by Crippen LogP contribution is -2.33. The Hall–Kier alpha value is -2.32. The van der Waals surface area contributed by atoms with Crippen LogP contribution in [0.5, 0.6) is 0 Å². The quantitative estimate of drug-likeness (QED) is 0.739. The third-order valence-electron chi connectivity index (χ3n) is 2.68. The van der Waals surface area contributed by atoms with Crippen molar-refractivity contribution in [1.29, 1.82) is 0 Å². The van der Waals surface area contributed by atoms with Crippen LogP contribution in [0.25, 0.3) is 0 Å². The van der Waals surface area contributed by atoms with E-state index in [0.717, 1.165) is 0 Å². The molecule has 0 aliphatic heterocycles. The zero-order valence-corrected chi connectivity index (χ0v) is 11.0. The van der Waals surface area contributed by atoms with Gasteiger partial charge in [-0.25, -0.2) is 4.68 Å². The van der Waals surface area contributed by atoms with Gasteiger partial charge in [0.05, 0.1) is 6.54 Å². The monoisotopic (exact) mass is 265 g/mol. The van der Waals surface area contributed by atoms with Gasteiger partial charge in [0.25, 0.3) is 0 Å². The van der Waals surface area contributed by atoms with Crippen molar-refractivity contribution in [1.82, 2.24) is 35.3 Å². The van der Waals surface area contributed by atoms with Crippen molar-refractivity contribution in [3.8, 4) is 0 Å². The number of carbonyl (C=O) groups is 1. The number of tetrazole rings is 1. The summed E-state index contributed by atoms with van der Waals surface area (Å²) in [6.07, 6.45) is 2.07. The Balaban J connectivity index is 1.99. The van der Waals surface area contributed by atoms with E-state index in [-0.39, 0.29) is 12.5 Å². The van der Waals surface area contributed by atoms with Gasteiger partial charge in [-0.15, -0.1) is 15.3 Å². The predicted octanol–water partition coefficient (Wildman–Crippen LogP) is -0.162. The number of aromatic nitrogens is 6. The van der Waals surface area contributed by atoms with Gasteiger partial charge < -0.3 is 9.32 Å². The first-order valence-electron chi connectivity index (χ1n) is 5.90. The fourth-order valence-electron chi connectivity index (χ4n) is 1.55. The second kappa shape index (κ2) is 5.55. The molecule has 9 nitrogen and oxygen atoms in total. The molecule has 2 rings (SSSR count). The minimum absolute atomic E-state index is 0.136. The number of hydrogen-bond acceptors (Lipinski definition) is 7. The summed E-state index contributed by atoms with van der Waals surface area (Å²) in [5, 5.41) is 18.4. The molecule has 0 aliphatic rings. The Bertz CT molecular complexity index is 536. The Morgan fingerprint density at radius 3 is 2.79 bits per heavy atom. The minimum atomic E-state index is -0.478. The van der Waals surface area contributed by atoms with Crippen LogP contribution in [-0.2, 0) is 17.8 Å². The standard InChI is InChI=1S/C10H15N7O2/c1-4-8-12-13-9(19-8)5-16(3)10(18)7(2)17-6-11-14-15-17/h6-7H,4-5H2,1-3H3/t7-/m0/s1. The molecule has 2 aromatic rings. The number of likely N-dealkylation sites (N-methyl/N-ethyl adjacent to an activating group) is 1. The second-order valence-electron chi connectivity index (χ2n) is 4.10. The van der Waals surface area contributed by atoms with Crippen molar-refractivity contribution in [2.24, 2.45) is 0 Å². The molecule has 9 heteroatoms. The molecule has 0 saturated carbocycles. The fraction of sp³-hybridized carbons (Fsp3) is 0.600. The molecule has 0 saturated heterocycles. The maximum Gasteiger partial charge on any atom is 0.247 e. The summed E-state index contributed by atoms with van der Waals surface area (Å²) in [6, 6.07) is -0.478. The number of nitrogens with zero attached hydrogens (tertiary/aromatic N) is 7. The molecule has 0 unspecified atom stereocenters. The van der Waals surface area contributed by atoms with Gasteiger partial charge in [-0.05, 0) is 17.4 Å². The highest BCUT2D eigenvalue weighted by molar-refractivity contribution is 5.79. The van der Waals surface area contributed by atoms with E-state index in [0.29, 0.717) is 18.2 Å². The zero-order chi connectivity index (χ0) is 13.8. The molecule has 1 amide bonds. The van der Waals surface area contributed by atoms with Crippen LogP contribution in [0.2, 0.25) is 0 Å². The van der Waals surface area contributed by atoms with Gasteiger partial charge in [0.15, 0.2) is 0 Å². The number of rotatable bonds is 5. The van der Waals surface area contributed by atoms with E-state index >= 15 is 0 Å². The van der Waals surface area contributed by atoms with E-state index in [2.05, 4.69) is 25.7 Å². The highest BCUT2D eigenvalue weighted by atomic mass is 16.4. The summed E-state index contributed by atoms with van der Waals surface area (Å²) < 4.78 is 6.75. The van der Waals surface area contributed by atoms with Crippen molar-refractivity contribution in [3.05, 3.63) is 18.1 Å². The molecule has 0 radical (unpaired) electrons. The average molecular weight is 265 g/mol. The van der Waals surface area contributed by atoms with Crippen molar-refractivity contribution in [2.45, 2.75) is 32.9 Å². The topological polar surface area (TPSA) is 103 Å². The molecule has 0 spiro atoms. The summed E-state index contributed by atoms with van der Waals surface area (Å²) in [4.78, 5) is 13.6. The van der Waals surface area contributed by atoms with Gasteiger partial charge in [0, 0.05) is 13.5 Å². The maximum absolute atomic E-state index is 12.1. The van der Waals surface area contributed by atoms with E-state index in [4.69, 9.17) is 4.42 Å². The smallest absolute Gasteiger partial charge is 0.247 e. The third kappa shape index (κ3) is 2.92. The van der Waals surface area contributed by atoms with Crippen molar-refractivity contribution in [3.63, 3.8) is 0 Å². The fourth-order valence-corrected chi connectivity index (χ4v) is 1.55. The van der Waals surface area contributed by atoms with E-state index in [1.165, 1.54) is 15.9 Å². The summed E-state index contributed by atoms with van der Waals surface area (Å²) in [5.74, 6) is 0.838. The summed E-state index contributed by atoms with van der Waals surface area (Å²) in [7, 11) is 1.67. The van der Waals surface area contributed by atoms with Crippen LogP contribution in [-0.4, -0.2) is 48.3 Å². The molecule has 0 N–H and O–H groups in total. The van der Waals surface area contributed by atoms with Gasteiger partial charge in [-0.3, -0.25) is 4.79 Å². The molecule has 0 bridgehead atoms. The second-order valence-corrected chi connectivity index (χ2v) is 4.10. The van der Waals surface area contributed by atoms with Crippen molar-refractivity contribution < 1.29 is 9.21 Å². The SMILES string of the molecule is CCc1nnc(CN(C)C(=O)[C@H](C)n2cnnn2)o1. The summed E-state index contributed by atoms with van der Waals surface area (Å²) in [6.45, 7) is 3.91. The Morgan fingerprint density at radius 2 is 2.21 bits per heavy atom. The van der Waals surface area contributed by atoms with Crippen LogP contribution >= 0.6 is 0 Å². The Morgan fingerprint density at radius 1 is 1.47 bits per heavy atom. The first-order chi connectivity index (χ1) is 9.11. The number of carbonyl (C=O) groups excluding carboxylic acids is 1. The molecule has 1 atom stereocenters. The van der Waals surface area contributed by atoms with Gasteiger partial charge in [-0.1, -0.05) is 6.92 Å². The lowest BCUT2D eigenvalue weighted by Gasteiger charge is -2.19. The Kier molecular flexibility index (Phi) is 3.83. The van der Waals surface area contributed by atoms with Crippen LogP contribution in [0.3, 0.4) is 0 Å². The number of hydrogen-bond donors (Lipinski definition) is 0. The Labute approximate surface area is 109 Å². The molecule has 0 aliphatic carbocycles. The van der Waals surface area contributed by atoms with Crippen molar-refractivity contribution >= 4 is 5.91 Å². The van der Waals surface area contributed by atoms with Gasteiger partial charge in [-0.2, -0.15) is 0 Å². The van der Waals surface area contributed by atoms with E-state index in [1.807, 2.05) is 6.92 Å². The number of aryl methyl sites for hydroxylation is 1. The van der Waals surface area contributed by atoms with Crippen LogP contribution in [0.15, 0.2) is 10.7 Å². The first kappa shape index (κ1) is 13.1. The largest absolute Gasteiger partial charge is 0.423 e. The molecule has 19 heavy (non-hydrogen) atoms. The summed E-state index contributed by atoms with van der Waals surface area (Å²) in [5.41, 5.74) is 0. The summed E-state index contributed by atoms with van der Waals surface area (Å²) >= 11 is 0. The van der Waals surface area contributed by atoms with Gasteiger partial charge >= 0.3 is 0 Å². The van der Waals surface area contributed by atoms with E-state index in [9.17, 15) is 4.79 Å². The van der Waals surface area contributed by atoms with Crippen molar-refractivity contribution in [2.75, 3.05) is 7.05 Å². The molecule has 2 heterocycles. The highest BCUT2D eigenvalue weighted by Gasteiger charge is 2.21. The molecule has 102 valence electrons. The molecule has 0 fully saturated rings. The normalized spacial score (nSPS) is 12.4. The van der Waals surface area contributed by atoms with Crippen LogP contribution in [0.4, 0.5) is 0 Å². The zero-order valence-electron chi connectivity index (χ0n) is 11.0. The molecular weight excluding hydrogens is 250 g/mol. The first-order valence-corrected chi connectivity index (χ1v) is 5.90. The maximum atomic E-state index is 12.1. The minimum Gasteiger partial charge on any atom is -0.423 e. The van der Waals surface area contributed by atoms with Gasteiger partial charge in [0.1, 0.15) is 12.4 Å². The molecule has 0 aromatic carbocycles. The highest BCUT2D eigenvalue weighted by Crippen LogP contribution is 2.09. The lowest BCUT2D eigenvalue weighted by atomic mass is 10.3.